The monoisotopic (exact) mass is 370 g/mol. The van der Waals surface area contributed by atoms with Crippen molar-refractivity contribution in [1.29, 1.82) is 0 Å². The zero-order valence-corrected chi connectivity index (χ0v) is 17.0. The van der Waals surface area contributed by atoms with Crippen LogP contribution in [-0.4, -0.2) is 75.9 Å². The van der Waals surface area contributed by atoms with E-state index < -0.39 is 28.8 Å². The lowest BCUT2D eigenvalue weighted by molar-refractivity contribution is -0.102. The van der Waals surface area contributed by atoms with Crippen LogP contribution < -0.4 is 0 Å². The predicted octanol–water partition coefficient (Wildman–Crippen LogP) is 0.707. The predicted molar refractivity (Wildman–Crippen MR) is 92.6 cm³/mol. The topological polar surface area (TPSA) is 109 Å². The summed E-state index contributed by atoms with van der Waals surface area (Å²) in [7, 11) is -3.73. The van der Waals surface area contributed by atoms with Gasteiger partial charge in [0.25, 0.3) is 0 Å². The van der Waals surface area contributed by atoms with Crippen LogP contribution in [0.1, 0.15) is 26.7 Å². The Kier molecular flexibility index (Phi) is 10.3. The Bertz CT molecular complexity index is 321. The van der Waals surface area contributed by atoms with Crippen molar-refractivity contribution in [2.75, 3.05) is 26.9 Å². The van der Waals surface area contributed by atoms with Gasteiger partial charge in [0.15, 0.2) is 0 Å². The number of ether oxygens (including phenoxy) is 1. The lowest BCUT2D eigenvalue weighted by atomic mass is 10.0. The molecule has 0 aliphatic carbocycles. The van der Waals surface area contributed by atoms with E-state index in [0.717, 1.165) is 0 Å². The van der Waals surface area contributed by atoms with E-state index in [1.165, 1.54) is 13.8 Å². The molecule has 0 bridgehead atoms. The van der Waals surface area contributed by atoms with Crippen LogP contribution in [-0.2, 0) is 13.3 Å². The Morgan fingerprint density at radius 2 is 1.74 bits per heavy atom. The molecule has 0 saturated carbocycles. The molecule has 0 saturated heterocycles. The molecular formula is C14H34O7Si2. The van der Waals surface area contributed by atoms with Crippen LogP contribution in [0.3, 0.4) is 0 Å². The van der Waals surface area contributed by atoms with Crippen molar-refractivity contribution in [3.8, 4) is 0 Å². The molecule has 0 radical (unpaired) electrons. The molecule has 3 atom stereocenters. The summed E-state index contributed by atoms with van der Waals surface area (Å²) in [6, 6.07) is 1.25. The number of aliphatic hydroxyl groups is 3. The van der Waals surface area contributed by atoms with Gasteiger partial charge in [0, 0.05) is 20.3 Å². The van der Waals surface area contributed by atoms with Crippen LogP contribution in [0, 0.1) is 0 Å². The summed E-state index contributed by atoms with van der Waals surface area (Å²) in [6.45, 7) is 6.94. The quantitative estimate of drug-likeness (QED) is 0.279. The molecule has 9 heteroatoms. The Balaban J connectivity index is 4.44. The summed E-state index contributed by atoms with van der Waals surface area (Å²) in [4.78, 5) is 10.1. The van der Waals surface area contributed by atoms with Gasteiger partial charge >= 0.3 is 17.1 Å². The Morgan fingerprint density at radius 1 is 1.17 bits per heavy atom. The van der Waals surface area contributed by atoms with Crippen LogP contribution in [0.5, 0.6) is 0 Å². The third-order valence-corrected chi connectivity index (χ3v) is 10.1. The molecular weight excluding hydrogens is 336 g/mol. The summed E-state index contributed by atoms with van der Waals surface area (Å²) in [5, 5.41) is 28.4. The molecule has 0 aromatic heterocycles. The maximum Gasteiger partial charge on any atom is 0.329 e. The van der Waals surface area contributed by atoms with Crippen molar-refractivity contribution in [1.82, 2.24) is 0 Å². The SMILES string of the molecule is CO[Si](CCCO)(CCCOCC(C)(O)C(C)O)O[Si](C)(C)O. The number of aliphatic hydroxyl groups excluding tert-OH is 2. The summed E-state index contributed by atoms with van der Waals surface area (Å²) < 4.78 is 17.0. The molecule has 7 nitrogen and oxygen atoms in total. The molecule has 0 aliphatic heterocycles. The Morgan fingerprint density at radius 3 is 2.17 bits per heavy atom. The largest absolute Gasteiger partial charge is 0.415 e. The van der Waals surface area contributed by atoms with E-state index >= 15 is 0 Å². The third-order valence-electron chi connectivity index (χ3n) is 3.66. The van der Waals surface area contributed by atoms with Crippen LogP contribution in [0.4, 0.5) is 0 Å². The van der Waals surface area contributed by atoms with Crippen molar-refractivity contribution in [3.63, 3.8) is 0 Å². The van der Waals surface area contributed by atoms with Gasteiger partial charge in [-0.2, -0.15) is 0 Å². The molecule has 0 fully saturated rings. The molecule has 140 valence electrons. The highest BCUT2D eigenvalue weighted by atomic mass is 28.5. The van der Waals surface area contributed by atoms with Crippen molar-refractivity contribution in [2.24, 2.45) is 0 Å². The normalized spacial score (nSPS) is 19.2. The van der Waals surface area contributed by atoms with Crippen LogP contribution >= 0.6 is 0 Å². The zero-order valence-electron chi connectivity index (χ0n) is 15.0. The maximum atomic E-state index is 10.1. The summed E-state index contributed by atoms with van der Waals surface area (Å²) >= 11 is 0. The first-order chi connectivity index (χ1) is 10.5. The van der Waals surface area contributed by atoms with Gasteiger partial charge in [-0.1, -0.05) is 0 Å². The third kappa shape index (κ3) is 9.90. The Labute approximate surface area is 141 Å². The molecule has 0 aromatic carbocycles. The second kappa shape index (κ2) is 10.2. The highest BCUT2D eigenvalue weighted by Crippen LogP contribution is 2.25. The van der Waals surface area contributed by atoms with Gasteiger partial charge in [0.1, 0.15) is 5.60 Å². The van der Waals surface area contributed by atoms with Crippen molar-refractivity contribution in [2.45, 2.75) is 63.6 Å². The molecule has 4 N–H and O–H groups in total. The summed E-state index contributed by atoms with van der Waals surface area (Å²) in [5.74, 6) is 0. The molecule has 3 unspecified atom stereocenters. The Hall–Kier alpha value is 0.154. The zero-order chi connectivity index (χ0) is 18.1. The molecule has 0 aliphatic rings. The standard InChI is InChI=1S/C14H34O7Si2/c1-13(16)14(2,17)12-20-9-7-11-23(19-3,10-6-8-15)21-22(4,5)18/h13,15-18H,6-12H2,1-5H3. The fourth-order valence-electron chi connectivity index (χ4n) is 2.12. The van der Waals surface area contributed by atoms with E-state index in [0.29, 0.717) is 31.5 Å². The first kappa shape index (κ1) is 23.2. The van der Waals surface area contributed by atoms with Crippen LogP contribution in [0.25, 0.3) is 0 Å². The fraction of sp³-hybridized carbons (Fsp3) is 1.00. The minimum atomic E-state index is -2.74. The number of hydrogen-bond acceptors (Lipinski definition) is 7. The highest BCUT2D eigenvalue weighted by Gasteiger charge is 2.41. The van der Waals surface area contributed by atoms with Gasteiger partial charge in [-0.15, -0.1) is 0 Å². The second-order valence-electron chi connectivity index (χ2n) is 6.68. The average molecular weight is 371 g/mol. The van der Waals surface area contributed by atoms with E-state index in [1.807, 2.05) is 0 Å². The smallest absolute Gasteiger partial charge is 0.329 e. The lowest BCUT2D eigenvalue weighted by Crippen LogP contribution is -2.50. The van der Waals surface area contributed by atoms with Crippen LogP contribution in [0.2, 0.25) is 25.2 Å². The van der Waals surface area contributed by atoms with E-state index in [4.69, 9.17) is 18.4 Å². The van der Waals surface area contributed by atoms with E-state index in [9.17, 15) is 15.0 Å². The van der Waals surface area contributed by atoms with E-state index in [1.54, 1.807) is 20.2 Å². The highest BCUT2D eigenvalue weighted by molar-refractivity contribution is 6.79. The lowest BCUT2D eigenvalue weighted by Gasteiger charge is -2.34. The van der Waals surface area contributed by atoms with Gasteiger partial charge in [-0.3, -0.25) is 0 Å². The van der Waals surface area contributed by atoms with Crippen LogP contribution in [0.15, 0.2) is 0 Å². The molecule has 23 heavy (non-hydrogen) atoms. The molecule has 0 spiro atoms. The average Bonchev–Trinajstić information content (AvgIpc) is 2.42. The van der Waals surface area contributed by atoms with Gasteiger partial charge in [-0.05, 0) is 51.9 Å². The van der Waals surface area contributed by atoms with Gasteiger partial charge < -0.3 is 33.4 Å². The van der Waals surface area contributed by atoms with Gasteiger partial charge in [-0.25, -0.2) is 0 Å². The number of rotatable bonds is 13. The maximum absolute atomic E-state index is 10.1. The van der Waals surface area contributed by atoms with Gasteiger partial charge in [0.2, 0.25) is 0 Å². The van der Waals surface area contributed by atoms with Crippen molar-refractivity contribution < 1.29 is 33.4 Å². The minimum absolute atomic E-state index is 0.0456. The minimum Gasteiger partial charge on any atom is -0.415 e. The van der Waals surface area contributed by atoms with E-state index in [2.05, 4.69) is 0 Å². The molecule has 0 heterocycles. The van der Waals surface area contributed by atoms with Gasteiger partial charge in [0.05, 0.1) is 12.7 Å². The molecule has 0 rings (SSSR count). The summed E-state index contributed by atoms with van der Waals surface area (Å²) in [6.07, 6.45) is 0.359. The fourth-order valence-corrected chi connectivity index (χ4v) is 8.95. The second-order valence-corrected chi connectivity index (χ2v) is 13.6. The van der Waals surface area contributed by atoms with E-state index in [-0.39, 0.29) is 13.2 Å². The summed E-state index contributed by atoms with van der Waals surface area (Å²) in [5.41, 5.74) is -1.27. The first-order valence-corrected chi connectivity index (χ1v) is 13.1. The molecule has 0 aromatic rings. The number of hydrogen-bond donors (Lipinski definition) is 4. The van der Waals surface area contributed by atoms with Crippen molar-refractivity contribution in [3.05, 3.63) is 0 Å². The first-order valence-electron chi connectivity index (χ1n) is 8.05. The van der Waals surface area contributed by atoms with Crippen molar-refractivity contribution >= 4 is 17.1 Å². The molecule has 0 amide bonds.